The second kappa shape index (κ2) is 9.04. The van der Waals surface area contributed by atoms with E-state index < -0.39 is 0 Å². The lowest BCUT2D eigenvalue weighted by Gasteiger charge is -2.12. The van der Waals surface area contributed by atoms with Gasteiger partial charge in [0.1, 0.15) is 5.82 Å². The fourth-order valence-electron chi connectivity index (χ4n) is 2.72. The largest absolute Gasteiger partial charge is 0.368 e. The van der Waals surface area contributed by atoms with E-state index in [1.54, 1.807) is 29.4 Å². The van der Waals surface area contributed by atoms with Gasteiger partial charge in [-0.25, -0.2) is 0 Å². The third kappa shape index (κ3) is 4.71. The van der Waals surface area contributed by atoms with Gasteiger partial charge in [0, 0.05) is 32.1 Å². The molecule has 0 fully saturated rings. The Morgan fingerprint density at radius 1 is 1.06 bits per heavy atom. The summed E-state index contributed by atoms with van der Waals surface area (Å²) in [5.41, 5.74) is 7.41. The molecule has 0 bridgehead atoms. The quantitative estimate of drug-likeness (QED) is 0.418. The lowest BCUT2D eigenvalue weighted by Crippen LogP contribution is -2.16. The van der Waals surface area contributed by atoms with E-state index in [-0.39, 0.29) is 5.95 Å². The maximum absolute atomic E-state index is 6.27. The van der Waals surface area contributed by atoms with E-state index in [0.717, 1.165) is 11.3 Å². The molecule has 31 heavy (non-hydrogen) atoms. The van der Waals surface area contributed by atoms with Crippen molar-refractivity contribution >= 4 is 46.9 Å². The van der Waals surface area contributed by atoms with Crippen LogP contribution in [0, 0.1) is 0 Å². The van der Waals surface area contributed by atoms with Gasteiger partial charge in [0.25, 0.3) is 0 Å². The molecule has 0 spiro atoms. The van der Waals surface area contributed by atoms with E-state index in [9.17, 15) is 0 Å². The van der Waals surface area contributed by atoms with Crippen LogP contribution in [0.15, 0.2) is 47.9 Å². The summed E-state index contributed by atoms with van der Waals surface area (Å²) in [7, 11) is 3.68. The summed E-state index contributed by atoms with van der Waals surface area (Å²) in [6.07, 6.45) is 3.43. The highest BCUT2D eigenvalue weighted by Gasteiger charge is 2.18. The zero-order chi connectivity index (χ0) is 22.0. The fraction of sp³-hybridized carbons (Fsp3) is 0.158. The molecule has 0 amide bonds. The number of aromatic nitrogens is 7. The number of nitrogen functional groups attached to an aromatic ring is 1. The number of halogens is 2. The lowest BCUT2D eigenvalue weighted by molar-refractivity contribution is 0.878. The molecule has 0 atom stereocenters. The fourth-order valence-corrected chi connectivity index (χ4v) is 3.82. The van der Waals surface area contributed by atoms with E-state index in [2.05, 4.69) is 30.1 Å². The highest BCUT2D eigenvalue weighted by atomic mass is 35.5. The molecule has 12 heteroatoms. The van der Waals surface area contributed by atoms with Crippen molar-refractivity contribution in [3.05, 3.63) is 58.6 Å². The minimum absolute atomic E-state index is 0.163. The molecule has 2 N–H and O–H groups in total. The van der Waals surface area contributed by atoms with Gasteiger partial charge in [-0.2, -0.15) is 15.0 Å². The van der Waals surface area contributed by atoms with Gasteiger partial charge < -0.3 is 10.6 Å². The first kappa shape index (κ1) is 21.3. The molecule has 0 aliphatic rings. The van der Waals surface area contributed by atoms with Gasteiger partial charge in [-0.1, -0.05) is 35.0 Å². The standard InChI is InChI=1S/C19H17Cl2N9S/c1-29(2)18-25-15(24-17(22)26-18)10-31-19-28-27-16(11-4-3-7-23-9-11)30(19)12-5-6-13(20)14(21)8-12/h3-9H,10H2,1-2H3,(H2,22,24,25,26). The molecule has 0 saturated heterocycles. The number of pyridine rings is 1. The average molecular weight is 474 g/mol. The number of benzene rings is 1. The number of anilines is 2. The lowest BCUT2D eigenvalue weighted by atomic mass is 10.2. The molecular weight excluding hydrogens is 457 g/mol. The first-order valence-electron chi connectivity index (χ1n) is 9.04. The van der Waals surface area contributed by atoms with Gasteiger partial charge in [-0.15, -0.1) is 10.2 Å². The van der Waals surface area contributed by atoms with Crippen LogP contribution in [0.1, 0.15) is 5.82 Å². The first-order valence-corrected chi connectivity index (χ1v) is 10.8. The van der Waals surface area contributed by atoms with Gasteiger partial charge in [0.15, 0.2) is 11.0 Å². The van der Waals surface area contributed by atoms with Crippen LogP contribution in [0.2, 0.25) is 10.0 Å². The van der Waals surface area contributed by atoms with E-state index in [4.69, 9.17) is 28.9 Å². The first-order chi connectivity index (χ1) is 14.9. The summed E-state index contributed by atoms with van der Waals surface area (Å²) in [5, 5.41) is 10.3. The van der Waals surface area contributed by atoms with Gasteiger partial charge in [-0.05, 0) is 30.3 Å². The molecule has 3 heterocycles. The summed E-state index contributed by atoms with van der Waals surface area (Å²) in [6.45, 7) is 0. The van der Waals surface area contributed by atoms with Crippen molar-refractivity contribution < 1.29 is 0 Å². The molecule has 0 aliphatic carbocycles. The molecule has 1 aromatic carbocycles. The SMILES string of the molecule is CN(C)c1nc(N)nc(CSc2nnc(-c3cccnc3)n2-c2ccc(Cl)c(Cl)c2)n1. The molecule has 0 aliphatic heterocycles. The Balaban J connectivity index is 1.73. The van der Waals surface area contributed by atoms with Gasteiger partial charge >= 0.3 is 0 Å². The Labute approximate surface area is 192 Å². The smallest absolute Gasteiger partial charge is 0.229 e. The maximum Gasteiger partial charge on any atom is 0.229 e. The van der Waals surface area contributed by atoms with Gasteiger partial charge in [0.2, 0.25) is 11.9 Å². The number of hydrogen-bond acceptors (Lipinski definition) is 9. The third-order valence-corrected chi connectivity index (χ3v) is 5.80. The summed E-state index contributed by atoms with van der Waals surface area (Å²) in [6, 6.07) is 9.10. The maximum atomic E-state index is 6.27. The molecule has 9 nitrogen and oxygen atoms in total. The summed E-state index contributed by atoms with van der Waals surface area (Å²) in [4.78, 5) is 18.7. The van der Waals surface area contributed by atoms with Crippen LogP contribution < -0.4 is 10.6 Å². The monoisotopic (exact) mass is 473 g/mol. The highest BCUT2D eigenvalue weighted by Crippen LogP contribution is 2.32. The van der Waals surface area contributed by atoms with Crippen molar-refractivity contribution in [3.63, 3.8) is 0 Å². The van der Waals surface area contributed by atoms with Crippen LogP contribution in [0.4, 0.5) is 11.9 Å². The van der Waals surface area contributed by atoms with Crippen LogP contribution in [0.5, 0.6) is 0 Å². The second-order valence-corrected chi connectivity index (χ2v) is 8.33. The predicted molar refractivity (Wildman–Crippen MR) is 123 cm³/mol. The van der Waals surface area contributed by atoms with Crippen LogP contribution in [0.3, 0.4) is 0 Å². The molecule has 158 valence electrons. The number of hydrogen-bond donors (Lipinski definition) is 1. The Kier molecular flexibility index (Phi) is 6.21. The van der Waals surface area contributed by atoms with E-state index in [1.807, 2.05) is 36.9 Å². The average Bonchev–Trinajstić information content (AvgIpc) is 3.18. The Morgan fingerprint density at radius 2 is 1.90 bits per heavy atom. The third-order valence-electron chi connectivity index (χ3n) is 4.13. The minimum atomic E-state index is 0.163. The van der Waals surface area contributed by atoms with Crippen LogP contribution >= 0.6 is 35.0 Å². The van der Waals surface area contributed by atoms with Crippen molar-refractivity contribution in [3.8, 4) is 17.1 Å². The molecular formula is C19H17Cl2N9S. The summed E-state index contributed by atoms with van der Waals surface area (Å²) < 4.78 is 1.89. The van der Waals surface area contributed by atoms with Gasteiger partial charge in [0.05, 0.1) is 21.5 Å². The molecule has 0 radical (unpaired) electrons. The summed E-state index contributed by atoms with van der Waals surface area (Å²) in [5.74, 6) is 2.23. The Bertz CT molecular complexity index is 1210. The molecule has 3 aromatic heterocycles. The van der Waals surface area contributed by atoms with Crippen molar-refractivity contribution in [2.45, 2.75) is 10.9 Å². The van der Waals surface area contributed by atoms with Crippen LogP contribution in [-0.4, -0.2) is 48.8 Å². The van der Waals surface area contributed by atoms with E-state index in [0.29, 0.717) is 38.6 Å². The number of nitrogens with two attached hydrogens (primary N) is 1. The molecule has 4 rings (SSSR count). The zero-order valence-corrected chi connectivity index (χ0v) is 18.9. The van der Waals surface area contributed by atoms with Crippen molar-refractivity contribution in [2.24, 2.45) is 0 Å². The normalized spacial score (nSPS) is 11.0. The molecule has 0 unspecified atom stereocenters. The summed E-state index contributed by atoms with van der Waals surface area (Å²) >= 11 is 13.8. The van der Waals surface area contributed by atoms with Crippen LogP contribution in [-0.2, 0) is 5.75 Å². The number of rotatable bonds is 6. The zero-order valence-electron chi connectivity index (χ0n) is 16.6. The Hall–Kier alpha value is -2.95. The van der Waals surface area contributed by atoms with Gasteiger partial charge in [-0.3, -0.25) is 9.55 Å². The van der Waals surface area contributed by atoms with Crippen molar-refractivity contribution in [1.82, 2.24) is 34.7 Å². The topological polar surface area (TPSA) is 112 Å². The second-order valence-electron chi connectivity index (χ2n) is 6.57. The molecule has 0 saturated carbocycles. The minimum Gasteiger partial charge on any atom is -0.368 e. The Morgan fingerprint density at radius 3 is 2.61 bits per heavy atom. The van der Waals surface area contributed by atoms with E-state index >= 15 is 0 Å². The van der Waals surface area contributed by atoms with E-state index in [1.165, 1.54) is 11.8 Å². The number of nitrogens with zero attached hydrogens (tertiary/aromatic N) is 8. The van der Waals surface area contributed by atoms with Crippen LogP contribution in [0.25, 0.3) is 17.1 Å². The predicted octanol–water partition coefficient (Wildman–Crippen LogP) is 3.76. The van der Waals surface area contributed by atoms with Crippen molar-refractivity contribution in [2.75, 3.05) is 24.7 Å². The molecule has 4 aromatic rings. The number of thioether (sulfide) groups is 1. The highest BCUT2D eigenvalue weighted by molar-refractivity contribution is 7.98. The van der Waals surface area contributed by atoms with Crippen molar-refractivity contribution in [1.29, 1.82) is 0 Å².